The molecule has 1 heterocycles. The lowest BCUT2D eigenvalue weighted by Crippen LogP contribution is -2.37. The normalized spacial score (nSPS) is 12.7. The summed E-state index contributed by atoms with van der Waals surface area (Å²) < 4.78 is 20.9. The van der Waals surface area contributed by atoms with Crippen LogP contribution in [0.3, 0.4) is 0 Å². The van der Waals surface area contributed by atoms with E-state index in [-0.39, 0.29) is 5.82 Å². The molecule has 1 N–H and O–H groups in total. The Bertz CT molecular complexity index is 699. The Morgan fingerprint density at radius 2 is 2.07 bits per heavy atom. The predicted octanol–water partition coefficient (Wildman–Crippen LogP) is 3.70. The Kier molecular flexibility index (Phi) is 8.72. The lowest BCUT2D eigenvalue weighted by Gasteiger charge is -2.27. The molecule has 0 spiro atoms. The van der Waals surface area contributed by atoms with Crippen LogP contribution in [0.5, 0.6) is 0 Å². The zero-order valence-electron chi connectivity index (χ0n) is 16.4. The minimum absolute atomic E-state index is 0.217. The van der Waals surface area contributed by atoms with Crippen molar-refractivity contribution in [3.05, 3.63) is 72.3 Å². The van der Waals surface area contributed by atoms with Crippen LogP contribution in [0, 0.1) is 11.7 Å². The summed E-state index contributed by atoms with van der Waals surface area (Å²) in [6, 6.07) is 10.8. The second-order valence-electron chi connectivity index (χ2n) is 7.33. The van der Waals surface area contributed by atoms with Gasteiger partial charge in [-0.15, -0.1) is 6.58 Å². The Morgan fingerprint density at radius 3 is 2.78 bits per heavy atom. The highest BCUT2D eigenvalue weighted by atomic mass is 19.1. The van der Waals surface area contributed by atoms with Gasteiger partial charge >= 0.3 is 0 Å². The number of ether oxygens (including phenoxy) is 1. The molecule has 0 saturated carbocycles. The van der Waals surface area contributed by atoms with Crippen LogP contribution < -0.4 is 0 Å². The maximum atomic E-state index is 13.5. The standard InChI is InChI=1S/C22H31FN2O2/c1-4-11-27-17-22(26)16-24(13-18(2)3)15-21-9-6-10-25(21)14-19-7-5-8-20(23)12-19/h4-10,12,18,22,26H,1,11,13-17H2,2-3H3/t22-/m0/s1. The summed E-state index contributed by atoms with van der Waals surface area (Å²) in [4.78, 5) is 2.24. The number of aliphatic hydroxyl groups excluding tert-OH is 1. The molecule has 0 fully saturated rings. The molecule has 0 amide bonds. The molecular weight excluding hydrogens is 343 g/mol. The van der Waals surface area contributed by atoms with Crippen molar-refractivity contribution in [3.8, 4) is 0 Å². The van der Waals surface area contributed by atoms with Crippen LogP contribution in [0.4, 0.5) is 4.39 Å². The van der Waals surface area contributed by atoms with Gasteiger partial charge in [0.05, 0.1) is 19.3 Å². The fourth-order valence-corrected chi connectivity index (χ4v) is 3.17. The number of aromatic nitrogens is 1. The number of hydrogen-bond donors (Lipinski definition) is 1. The van der Waals surface area contributed by atoms with Gasteiger partial charge < -0.3 is 14.4 Å². The van der Waals surface area contributed by atoms with E-state index in [1.54, 1.807) is 18.2 Å². The summed E-state index contributed by atoms with van der Waals surface area (Å²) in [5.74, 6) is 0.267. The average Bonchev–Trinajstić information content (AvgIpc) is 3.01. The molecule has 0 radical (unpaired) electrons. The minimum Gasteiger partial charge on any atom is -0.389 e. The van der Waals surface area contributed by atoms with E-state index >= 15 is 0 Å². The zero-order valence-corrected chi connectivity index (χ0v) is 16.4. The number of hydrogen-bond acceptors (Lipinski definition) is 3. The Morgan fingerprint density at radius 1 is 1.26 bits per heavy atom. The molecule has 0 unspecified atom stereocenters. The van der Waals surface area contributed by atoms with Gasteiger partial charge in [0.2, 0.25) is 0 Å². The van der Waals surface area contributed by atoms with Crippen molar-refractivity contribution in [1.82, 2.24) is 9.47 Å². The smallest absolute Gasteiger partial charge is 0.123 e. The van der Waals surface area contributed by atoms with Gasteiger partial charge in [0.15, 0.2) is 0 Å². The zero-order chi connectivity index (χ0) is 19.6. The number of nitrogens with zero attached hydrogens (tertiary/aromatic N) is 2. The number of benzene rings is 1. The number of rotatable bonds is 12. The fraction of sp³-hybridized carbons (Fsp3) is 0.455. The van der Waals surface area contributed by atoms with Crippen LogP contribution >= 0.6 is 0 Å². The van der Waals surface area contributed by atoms with Crippen LogP contribution in [-0.2, 0) is 17.8 Å². The third-order valence-electron chi connectivity index (χ3n) is 4.19. The Labute approximate surface area is 161 Å². The third kappa shape index (κ3) is 7.67. The van der Waals surface area contributed by atoms with E-state index < -0.39 is 6.10 Å². The fourth-order valence-electron chi connectivity index (χ4n) is 3.17. The molecule has 2 aromatic rings. The molecular formula is C22H31FN2O2. The van der Waals surface area contributed by atoms with Crippen molar-refractivity contribution in [2.75, 3.05) is 26.3 Å². The highest BCUT2D eigenvalue weighted by Crippen LogP contribution is 2.13. The largest absolute Gasteiger partial charge is 0.389 e. The minimum atomic E-state index is -0.546. The average molecular weight is 375 g/mol. The van der Waals surface area contributed by atoms with E-state index in [1.807, 2.05) is 18.3 Å². The lowest BCUT2D eigenvalue weighted by atomic mass is 10.2. The summed E-state index contributed by atoms with van der Waals surface area (Å²) in [5.41, 5.74) is 2.07. The van der Waals surface area contributed by atoms with Crippen molar-refractivity contribution >= 4 is 0 Å². The molecule has 1 aromatic carbocycles. The van der Waals surface area contributed by atoms with E-state index in [9.17, 15) is 9.50 Å². The third-order valence-corrected chi connectivity index (χ3v) is 4.19. The first kappa shape index (κ1) is 21.4. The molecule has 4 nitrogen and oxygen atoms in total. The van der Waals surface area contributed by atoms with E-state index in [0.717, 1.165) is 24.3 Å². The highest BCUT2D eigenvalue weighted by molar-refractivity contribution is 5.18. The van der Waals surface area contributed by atoms with Gasteiger partial charge in [-0.1, -0.05) is 32.1 Å². The molecule has 0 bridgehead atoms. The summed E-state index contributed by atoms with van der Waals surface area (Å²) in [5, 5.41) is 10.3. The molecule has 0 aliphatic carbocycles. The molecule has 1 aromatic heterocycles. The summed E-state index contributed by atoms with van der Waals surface area (Å²) in [6.07, 6.45) is 3.14. The van der Waals surface area contributed by atoms with Gasteiger partial charge in [0.1, 0.15) is 5.82 Å². The van der Waals surface area contributed by atoms with Crippen LogP contribution in [0.1, 0.15) is 25.1 Å². The van der Waals surface area contributed by atoms with Crippen LogP contribution in [0.2, 0.25) is 0 Å². The molecule has 148 valence electrons. The Balaban J connectivity index is 2.02. The van der Waals surface area contributed by atoms with Gasteiger partial charge in [-0.25, -0.2) is 4.39 Å². The second-order valence-corrected chi connectivity index (χ2v) is 7.33. The van der Waals surface area contributed by atoms with E-state index in [0.29, 0.717) is 32.2 Å². The summed E-state index contributed by atoms with van der Waals surface area (Å²) >= 11 is 0. The number of aliphatic hydroxyl groups is 1. The maximum Gasteiger partial charge on any atom is 0.123 e. The number of halogens is 1. The molecule has 2 rings (SSSR count). The molecule has 1 atom stereocenters. The summed E-state index contributed by atoms with van der Waals surface area (Å²) in [6.45, 7) is 11.5. The van der Waals surface area contributed by atoms with Crippen molar-refractivity contribution in [3.63, 3.8) is 0 Å². The first-order valence-electron chi connectivity index (χ1n) is 9.45. The Hall–Kier alpha value is -1.95. The highest BCUT2D eigenvalue weighted by Gasteiger charge is 2.15. The maximum absolute atomic E-state index is 13.5. The van der Waals surface area contributed by atoms with Crippen molar-refractivity contribution < 1.29 is 14.2 Å². The van der Waals surface area contributed by atoms with E-state index in [1.165, 1.54) is 6.07 Å². The van der Waals surface area contributed by atoms with Crippen LogP contribution in [0.15, 0.2) is 55.3 Å². The molecule has 27 heavy (non-hydrogen) atoms. The van der Waals surface area contributed by atoms with Gasteiger partial charge in [-0.2, -0.15) is 0 Å². The lowest BCUT2D eigenvalue weighted by molar-refractivity contribution is 0.0219. The summed E-state index contributed by atoms with van der Waals surface area (Å²) in [7, 11) is 0. The van der Waals surface area contributed by atoms with Crippen molar-refractivity contribution in [2.24, 2.45) is 5.92 Å². The quantitative estimate of drug-likeness (QED) is 0.455. The van der Waals surface area contributed by atoms with E-state index in [2.05, 4.69) is 36.0 Å². The monoisotopic (exact) mass is 374 g/mol. The molecule has 0 aliphatic rings. The van der Waals surface area contributed by atoms with Gasteiger partial charge in [-0.3, -0.25) is 4.90 Å². The second kappa shape index (κ2) is 11.0. The predicted molar refractivity (Wildman–Crippen MR) is 107 cm³/mol. The molecule has 0 saturated heterocycles. The molecule has 5 heteroatoms. The van der Waals surface area contributed by atoms with Crippen molar-refractivity contribution in [2.45, 2.75) is 33.0 Å². The van der Waals surface area contributed by atoms with Gasteiger partial charge in [-0.05, 0) is 35.7 Å². The molecule has 0 aliphatic heterocycles. The topological polar surface area (TPSA) is 37.6 Å². The van der Waals surface area contributed by atoms with Gasteiger partial charge in [0.25, 0.3) is 0 Å². The van der Waals surface area contributed by atoms with Gasteiger partial charge in [0, 0.05) is 38.1 Å². The van der Waals surface area contributed by atoms with E-state index in [4.69, 9.17) is 4.74 Å². The first-order chi connectivity index (χ1) is 13.0. The first-order valence-corrected chi connectivity index (χ1v) is 9.45. The van der Waals surface area contributed by atoms with Crippen molar-refractivity contribution in [1.29, 1.82) is 0 Å². The van der Waals surface area contributed by atoms with Crippen LogP contribution in [-0.4, -0.2) is 47.0 Å². The SMILES string of the molecule is C=CCOC[C@@H](O)CN(Cc1cccn1Cc1cccc(F)c1)CC(C)C. The van der Waals surface area contributed by atoms with Crippen LogP contribution in [0.25, 0.3) is 0 Å².